The van der Waals surface area contributed by atoms with Gasteiger partial charge in [0.15, 0.2) is 0 Å². The Balaban J connectivity index is 2.59. The van der Waals surface area contributed by atoms with Crippen LogP contribution in [0.1, 0.15) is 31.9 Å². The van der Waals surface area contributed by atoms with E-state index in [-0.39, 0.29) is 24.4 Å². The molecule has 5 nitrogen and oxygen atoms in total. The van der Waals surface area contributed by atoms with Gasteiger partial charge in [0.2, 0.25) is 11.8 Å². The van der Waals surface area contributed by atoms with Crippen molar-refractivity contribution in [1.29, 1.82) is 0 Å². The number of hydrogen-bond acceptors (Lipinski definition) is 3. The van der Waals surface area contributed by atoms with Gasteiger partial charge in [0.05, 0.1) is 13.0 Å². The molecular weight excluding hydrogens is 266 g/mol. The van der Waals surface area contributed by atoms with Crippen LogP contribution >= 0.6 is 0 Å². The second kappa shape index (κ2) is 8.42. The molecule has 0 radical (unpaired) electrons. The highest BCUT2D eigenvalue weighted by Gasteiger charge is 2.16. The third-order valence-corrected chi connectivity index (χ3v) is 3.13. The molecule has 0 atom stereocenters. The summed E-state index contributed by atoms with van der Waals surface area (Å²) in [6, 6.07) is 7.73. The van der Waals surface area contributed by atoms with Gasteiger partial charge < -0.3 is 16.0 Å². The minimum atomic E-state index is -0.126. The maximum Gasteiger partial charge on any atom is 0.239 e. The van der Waals surface area contributed by atoms with E-state index in [9.17, 15) is 9.59 Å². The molecule has 0 spiro atoms. The van der Waals surface area contributed by atoms with Crippen LogP contribution in [0.15, 0.2) is 24.3 Å². The van der Waals surface area contributed by atoms with Crippen LogP contribution in [-0.2, 0) is 22.6 Å². The minimum absolute atomic E-state index is 0.0445. The number of nitrogens with two attached hydrogens (primary N) is 1. The number of hydrogen-bond donors (Lipinski definition) is 2. The average Bonchev–Trinajstić information content (AvgIpc) is 2.44. The van der Waals surface area contributed by atoms with Crippen molar-refractivity contribution < 1.29 is 9.59 Å². The van der Waals surface area contributed by atoms with Gasteiger partial charge in [-0.3, -0.25) is 9.59 Å². The van der Waals surface area contributed by atoms with Crippen LogP contribution in [0.5, 0.6) is 0 Å². The summed E-state index contributed by atoms with van der Waals surface area (Å²) in [5.74, 6) is -0.171. The number of rotatable bonds is 7. The Labute approximate surface area is 126 Å². The summed E-state index contributed by atoms with van der Waals surface area (Å²) in [7, 11) is 0. The zero-order valence-corrected chi connectivity index (χ0v) is 13.1. The number of nitrogens with zero attached hydrogens (tertiary/aromatic N) is 1. The molecule has 1 aromatic carbocycles. The van der Waals surface area contributed by atoms with Gasteiger partial charge in [0.25, 0.3) is 0 Å². The first-order valence-corrected chi connectivity index (χ1v) is 7.31. The minimum Gasteiger partial charge on any atom is -0.352 e. The number of nitrogens with one attached hydrogen (secondary N) is 1. The fourth-order valence-electron chi connectivity index (χ4n) is 2.00. The summed E-state index contributed by atoms with van der Waals surface area (Å²) < 4.78 is 0. The number of carbonyl (C=O) groups is 2. The van der Waals surface area contributed by atoms with Gasteiger partial charge >= 0.3 is 0 Å². The van der Waals surface area contributed by atoms with Gasteiger partial charge in [-0.25, -0.2) is 0 Å². The SMILES string of the molecule is CCN(CC(=O)NC(C)C)C(=O)Cc1ccc(CN)cc1. The standard InChI is InChI=1S/C16H25N3O2/c1-4-19(11-15(20)18-12(2)3)16(21)9-13-5-7-14(10-17)8-6-13/h5-8,12H,4,9-11,17H2,1-3H3,(H,18,20). The molecule has 0 aromatic heterocycles. The zero-order chi connectivity index (χ0) is 15.8. The Morgan fingerprint density at radius 3 is 2.24 bits per heavy atom. The Kier molecular flexibility index (Phi) is 6.88. The van der Waals surface area contributed by atoms with E-state index in [1.807, 2.05) is 45.0 Å². The monoisotopic (exact) mass is 291 g/mol. The number of benzene rings is 1. The molecule has 0 saturated heterocycles. The maximum atomic E-state index is 12.2. The van der Waals surface area contributed by atoms with Crippen molar-refractivity contribution in [2.24, 2.45) is 5.73 Å². The largest absolute Gasteiger partial charge is 0.352 e. The van der Waals surface area contributed by atoms with E-state index in [4.69, 9.17) is 5.73 Å². The second-order valence-corrected chi connectivity index (χ2v) is 5.33. The second-order valence-electron chi connectivity index (χ2n) is 5.33. The molecule has 3 N–H and O–H groups in total. The van der Waals surface area contributed by atoms with Gasteiger partial charge in [-0.15, -0.1) is 0 Å². The lowest BCUT2D eigenvalue weighted by molar-refractivity contribution is -0.135. The van der Waals surface area contributed by atoms with Gasteiger partial charge in [0, 0.05) is 19.1 Å². The fourth-order valence-corrected chi connectivity index (χ4v) is 2.00. The van der Waals surface area contributed by atoms with Gasteiger partial charge in [-0.2, -0.15) is 0 Å². The summed E-state index contributed by atoms with van der Waals surface area (Å²) >= 11 is 0. The molecule has 116 valence electrons. The van der Waals surface area contributed by atoms with E-state index in [1.165, 1.54) is 0 Å². The lowest BCUT2D eigenvalue weighted by Crippen LogP contribution is -2.43. The molecule has 0 unspecified atom stereocenters. The Hall–Kier alpha value is -1.88. The van der Waals surface area contributed by atoms with E-state index in [2.05, 4.69) is 5.32 Å². The number of amides is 2. The van der Waals surface area contributed by atoms with Crippen molar-refractivity contribution in [2.75, 3.05) is 13.1 Å². The highest BCUT2D eigenvalue weighted by molar-refractivity contribution is 5.85. The van der Waals surface area contributed by atoms with Crippen molar-refractivity contribution in [3.05, 3.63) is 35.4 Å². The summed E-state index contributed by atoms with van der Waals surface area (Å²) in [6.07, 6.45) is 0.299. The van der Waals surface area contributed by atoms with Crippen LogP contribution in [-0.4, -0.2) is 35.8 Å². The predicted molar refractivity (Wildman–Crippen MR) is 83.6 cm³/mol. The van der Waals surface area contributed by atoms with Crippen molar-refractivity contribution in [1.82, 2.24) is 10.2 Å². The highest BCUT2D eigenvalue weighted by Crippen LogP contribution is 2.06. The summed E-state index contributed by atoms with van der Waals surface area (Å²) in [4.78, 5) is 25.5. The molecule has 5 heteroatoms. The van der Waals surface area contributed by atoms with Crippen molar-refractivity contribution >= 4 is 11.8 Å². The molecule has 0 aliphatic heterocycles. The third-order valence-electron chi connectivity index (χ3n) is 3.13. The first-order chi connectivity index (χ1) is 9.96. The quantitative estimate of drug-likeness (QED) is 0.789. The average molecular weight is 291 g/mol. The van der Waals surface area contributed by atoms with Gasteiger partial charge in [-0.1, -0.05) is 24.3 Å². The number of carbonyl (C=O) groups excluding carboxylic acids is 2. The topological polar surface area (TPSA) is 75.4 Å². The Bertz CT molecular complexity index is 469. The Morgan fingerprint density at radius 1 is 1.19 bits per heavy atom. The lowest BCUT2D eigenvalue weighted by atomic mass is 10.1. The van der Waals surface area contributed by atoms with Crippen molar-refractivity contribution in [3.63, 3.8) is 0 Å². The van der Waals surface area contributed by atoms with Crippen LogP contribution < -0.4 is 11.1 Å². The normalized spacial score (nSPS) is 10.5. The summed E-state index contributed by atoms with van der Waals surface area (Å²) in [5, 5.41) is 2.79. The van der Waals surface area contributed by atoms with Gasteiger partial charge in [0.1, 0.15) is 0 Å². The van der Waals surface area contributed by atoms with Crippen LogP contribution in [0.3, 0.4) is 0 Å². The van der Waals surface area contributed by atoms with Crippen LogP contribution in [0.4, 0.5) is 0 Å². The van der Waals surface area contributed by atoms with E-state index in [0.29, 0.717) is 19.5 Å². The molecule has 0 aliphatic carbocycles. The highest BCUT2D eigenvalue weighted by atomic mass is 16.2. The van der Waals surface area contributed by atoms with E-state index >= 15 is 0 Å². The van der Waals surface area contributed by atoms with Gasteiger partial charge in [-0.05, 0) is 31.9 Å². The van der Waals surface area contributed by atoms with Crippen LogP contribution in [0, 0.1) is 0 Å². The predicted octanol–water partition coefficient (Wildman–Crippen LogP) is 1.06. The molecule has 21 heavy (non-hydrogen) atoms. The molecule has 1 aromatic rings. The molecule has 0 heterocycles. The number of likely N-dealkylation sites (N-methyl/N-ethyl adjacent to an activating group) is 1. The fraction of sp³-hybridized carbons (Fsp3) is 0.500. The maximum absolute atomic E-state index is 12.2. The molecule has 1 rings (SSSR count). The molecule has 0 saturated carbocycles. The van der Waals surface area contributed by atoms with Crippen LogP contribution in [0.2, 0.25) is 0 Å². The molecule has 0 bridgehead atoms. The summed E-state index contributed by atoms with van der Waals surface area (Å²) in [5.41, 5.74) is 7.51. The molecule has 2 amide bonds. The first-order valence-electron chi connectivity index (χ1n) is 7.31. The third kappa shape index (κ3) is 5.95. The smallest absolute Gasteiger partial charge is 0.239 e. The van der Waals surface area contributed by atoms with Crippen LogP contribution in [0.25, 0.3) is 0 Å². The first kappa shape index (κ1) is 17.2. The van der Waals surface area contributed by atoms with E-state index in [1.54, 1.807) is 4.90 Å². The summed E-state index contributed by atoms with van der Waals surface area (Å²) in [6.45, 7) is 6.78. The molecular formula is C16H25N3O2. The lowest BCUT2D eigenvalue weighted by Gasteiger charge is -2.21. The Morgan fingerprint density at radius 2 is 1.76 bits per heavy atom. The van der Waals surface area contributed by atoms with E-state index < -0.39 is 0 Å². The van der Waals surface area contributed by atoms with Crippen molar-refractivity contribution in [2.45, 2.75) is 39.8 Å². The molecule has 0 aliphatic rings. The van der Waals surface area contributed by atoms with Crippen molar-refractivity contribution in [3.8, 4) is 0 Å². The van der Waals surface area contributed by atoms with E-state index in [0.717, 1.165) is 11.1 Å². The zero-order valence-electron chi connectivity index (χ0n) is 13.1. The molecule has 0 fully saturated rings.